The molecule has 0 saturated heterocycles. The maximum atomic E-state index is 5.89. The third-order valence-corrected chi connectivity index (χ3v) is 3.48. The summed E-state index contributed by atoms with van der Waals surface area (Å²) in [6, 6.07) is 16.2. The van der Waals surface area contributed by atoms with Gasteiger partial charge in [0.15, 0.2) is 5.96 Å². The summed E-state index contributed by atoms with van der Waals surface area (Å²) >= 11 is 0. The number of guanidine groups is 1. The monoisotopic (exact) mass is 425 g/mol. The molecule has 23 heavy (non-hydrogen) atoms. The highest BCUT2D eigenvalue weighted by atomic mass is 127. The van der Waals surface area contributed by atoms with Crippen LogP contribution < -0.4 is 15.8 Å². The van der Waals surface area contributed by atoms with E-state index in [4.69, 9.17) is 10.5 Å². The maximum Gasteiger partial charge on any atom is 0.193 e. The Labute approximate surface area is 155 Å². The van der Waals surface area contributed by atoms with E-state index in [0.717, 1.165) is 24.3 Å². The Morgan fingerprint density at radius 1 is 1.04 bits per heavy atom. The second-order valence-corrected chi connectivity index (χ2v) is 5.04. The normalized spacial score (nSPS) is 10.8. The van der Waals surface area contributed by atoms with Crippen LogP contribution in [0.4, 0.5) is 5.69 Å². The molecule has 5 heteroatoms. The van der Waals surface area contributed by atoms with Crippen LogP contribution in [0.5, 0.6) is 5.75 Å². The Morgan fingerprint density at radius 2 is 1.65 bits per heavy atom. The summed E-state index contributed by atoms with van der Waals surface area (Å²) in [6.07, 6.45) is 1.95. The van der Waals surface area contributed by atoms with E-state index in [9.17, 15) is 0 Å². The van der Waals surface area contributed by atoms with Crippen LogP contribution in [-0.2, 0) is 12.8 Å². The van der Waals surface area contributed by atoms with Gasteiger partial charge in [-0.05, 0) is 48.2 Å². The van der Waals surface area contributed by atoms with Crippen molar-refractivity contribution in [3.8, 4) is 5.75 Å². The van der Waals surface area contributed by atoms with Gasteiger partial charge in [0.25, 0.3) is 0 Å². The molecule has 0 aliphatic rings. The van der Waals surface area contributed by atoms with E-state index in [-0.39, 0.29) is 24.0 Å². The van der Waals surface area contributed by atoms with Crippen molar-refractivity contribution in [2.75, 3.05) is 19.0 Å². The van der Waals surface area contributed by atoms with Crippen LogP contribution in [-0.4, -0.2) is 19.6 Å². The lowest BCUT2D eigenvalue weighted by atomic mass is 10.1. The second kappa shape index (κ2) is 10.1. The largest absolute Gasteiger partial charge is 0.497 e. The summed E-state index contributed by atoms with van der Waals surface area (Å²) in [5.41, 5.74) is 9.42. The van der Waals surface area contributed by atoms with Gasteiger partial charge in [-0.15, -0.1) is 24.0 Å². The molecular weight excluding hydrogens is 401 g/mol. The molecular formula is C18H24IN3O. The molecule has 0 fully saturated rings. The highest BCUT2D eigenvalue weighted by molar-refractivity contribution is 14.0. The number of hydrogen-bond donors (Lipinski definition) is 2. The van der Waals surface area contributed by atoms with Crippen molar-refractivity contribution in [1.29, 1.82) is 0 Å². The predicted octanol–water partition coefficient (Wildman–Crippen LogP) is 3.84. The van der Waals surface area contributed by atoms with E-state index in [1.807, 2.05) is 24.3 Å². The fraction of sp³-hybridized carbons (Fsp3) is 0.278. The molecule has 124 valence electrons. The molecule has 2 aromatic carbocycles. The van der Waals surface area contributed by atoms with Gasteiger partial charge in [0.1, 0.15) is 5.75 Å². The summed E-state index contributed by atoms with van der Waals surface area (Å²) in [5.74, 6) is 1.24. The third-order valence-electron chi connectivity index (χ3n) is 3.48. The zero-order valence-corrected chi connectivity index (χ0v) is 15.9. The minimum absolute atomic E-state index is 0. The number of aliphatic imine (C=N–C) groups is 1. The molecule has 4 nitrogen and oxygen atoms in total. The van der Waals surface area contributed by atoms with Gasteiger partial charge < -0.3 is 15.8 Å². The summed E-state index contributed by atoms with van der Waals surface area (Å²) in [4.78, 5) is 4.35. The van der Waals surface area contributed by atoms with E-state index in [2.05, 4.69) is 41.5 Å². The SMILES string of the molecule is CCc1ccc(CCN=C(N)Nc2ccc(OC)cc2)cc1.I. The molecule has 0 spiro atoms. The van der Waals surface area contributed by atoms with Crippen molar-refractivity contribution < 1.29 is 4.74 Å². The fourth-order valence-corrected chi connectivity index (χ4v) is 2.11. The molecule has 0 aromatic heterocycles. The van der Waals surface area contributed by atoms with E-state index in [1.165, 1.54) is 11.1 Å². The molecule has 0 heterocycles. The number of halogens is 1. The van der Waals surface area contributed by atoms with Crippen LogP contribution in [0.1, 0.15) is 18.1 Å². The molecule has 0 saturated carbocycles. The van der Waals surface area contributed by atoms with Gasteiger partial charge in [-0.2, -0.15) is 0 Å². The lowest BCUT2D eigenvalue weighted by Gasteiger charge is -2.07. The zero-order chi connectivity index (χ0) is 15.8. The van der Waals surface area contributed by atoms with Crippen molar-refractivity contribution in [3.63, 3.8) is 0 Å². The number of anilines is 1. The van der Waals surface area contributed by atoms with Crippen molar-refractivity contribution in [2.24, 2.45) is 10.7 Å². The summed E-state index contributed by atoms with van der Waals surface area (Å²) < 4.78 is 5.12. The van der Waals surface area contributed by atoms with E-state index >= 15 is 0 Å². The van der Waals surface area contributed by atoms with Crippen LogP contribution >= 0.6 is 24.0 Å². The van der Waals surface area contributed by atoms with E-state index in [0.29, 0.717) is 12.5 Å². The van der Waals surface area contributed by atoms with Crippen molar-refractivity contribution in [1.82, 2.24) is 0 Å². The number of nitrogens with one attached hydrogen (secondary N) is 1. The molecule has 3 N–H and O–H groups in total. The van der Waals surface area contributed by atoms with Gasteiger partial charge in [0, 0.05) is 12.2 Å². The molecule has 0 radical (unpaired) electrons. The van der Waals surface area contributed by atoms with Crippen LogP contribution in [0.2, 0.25) is 0 Å². The van der Waals surface area contributed by atoms with Gasteiger partial charge in [0.2, 0.25) is 0 Å². The average Bonchev–Trinajstić information content (AvgIpc) is 2.56. The topological polar surface area (TPSA) is 59.6 Å². The summed E-state index contributed by atoms with van der Waals surface area (Å²) in [5, 5.41) is 3.07. The van der Waals surface area contributed by atoms with Gasteiger partial charge in [0.05, 0.1) is 7.11 Å². The molecule has 2 rings (SSSR count). The van der Waals surface area contributed by atoms with Crippen molar-refractivity contribution in [2.45, 2.75) is 19.8 Å². The average molecular weight is 425 g/mol. The summed E-state index contributed by atoms with van der Waals surface area (Å²) in [6.45, 7) is 2.82. The number of methoxy groups -OCH3 is 1. The Bertz CT molecular complexity index is 609. The third kappa shape index (κ3) is 6.48. The number of hydrogen-bond acceptors (Lipinski definition) is 2. The summed E-state index contributed by atoms with van der Waals surface area (Å²) in [7, 11) is 1.64. The van der Waals surface area contributed by atoms with Crippen LogP contribution in [0.3, 0.4) is 0 Å². The van der Waals surface area contributed by atoms with Gasteiger partial charge in [-0.3, -0.25) is 4.99 Å². The Kier molecular flexibility index (Phi) is 8.47. The van der Waals surface area contributed by atoms with E-state index < -0.39 is 0 Å². The highest BCUT2D eigenvalue weighted by Crippen LogP contribution is 2.14. The smallest absolute Gasteiger partial charge is 0.193 e. The van der Waals surface area contributed by atoms with Gasteiger partial charge >= 0.3 is 0 Å². The first-order chi connectivity index (χ1) is 10.7. The number of aryl methyl sites for hydroxylation is 1. The molecule has 0 aliphatic carbocycles. The molecule has 2 aromatic rings. The number of nitrogens with two attached hydrogens (primary N) is 1. The number of rotatable bonds is 6. The van der Waals surface area contributed by atoms with Crippen molar-refractivity contribution in [3.05, 3.63) is 59.7 Å². The van der Waals surface area contributed by atoms with Gasteiger partial charge in [-0.25, -0.2) is 0 Å². The predicted molar refractivity (Wildman–Crippen MR) is 108 cm³/mol. The minimum atomic E-state index is 0. The van der Waals surface area contributed by atoms with Crippen molar-refractivity contribution >= 4 is 35.6 Å². The molecule has 0 unspecified atom stereocenters. The Hall–Kier alpha value is -1.76. The number of benzene rings is 2. The molecule has 0 atom stereocenters. The second-order valence-electron chi connectivity index (χ2n) is 5.04. The van der Waals surface area contributed by atoms with E-state index in [1.54, 1.807) is 7.11 Å². The first kappa shape index (κ1) is 19.3. The molecule has 0 amide bonds. The standard InChI is InChI=1S/C18H23N3O.HI/c1-3-14-4-6-15(7-5-14)12-13-20-18(19)21-16-8-10-17(22-2)11-9-16;/h4-11H,3,12-13H2,1-2H3,(H3,19,20,21);1H. The Balaban J connectivity index is 0.00000264. The van der Waals surface area contributed by atoms with Crippen LogP contribution in [0.15, 0.2) is 53.5 Å². The first-order valence-electron chi connectivity index (χ1n) is 7.50. The number of ether oxygens (including phenoxy) is 1. The highest BCUT2D eigenvalue weighted by Gasteiger charge is 1.97. The zero-order valence-electron chi connectivity index (χ0n) is 13.6. The first-order valence-corrected chi connectivity index (χ1v) is 7.50. The molecule has 0 bridgehead atoms. The lowest BCUT2D eigenvalue weighted by Crippen LogP contribution is -2.23. The fourth-order valence-electron chi connectivity index (χ4n) is 2.11. The lowest BCUT2D eigenvalue weighted by molar-refractivity contribution is 0.415. The number of nitrogens with zero attached hydrogens (tertiary/aromatic N) is 1. The maximum absolute atomic E-state index is 5.89. The molecule has 0 aliphatic heterocycles. The minimum Gasteiger partial charge on any atom is -0.497 e. The quantitative estimate of drug-likeness (QED) is 0.420. The van der Waals surface area contributed by atoms with Crippen LogP contribution in [0.25, 0.3) is 0 Å². The van der Waals surface area contributed by atoms with Gasteiger partial charge in [-0.1, -0.05) is 31.2 Å². The Morgan fingerprint density at radius 3 is 2.22 bits per heavy atom. The van der Waals surface area contributed by atoms with Crippen LogP contribution in [0, 0.1) is 0 Å².